The highest BCUT2D eigenvalue weighted by atomic mass is 16.2. The predicted octanol–water partition coefficient (Wildman–Crippen LogP) is 2.98. The summed E-state index contributed by atoms with van der Waals surface area (Å²) in [5.41, 5.74) is 1.26. The Bertz CT molecular complexity index is 393. The van der Waals surface area contributed by atoms with Gasteiger partial charge in [0.1, 0.15) is 0 Å². The third kappa shape index (κ3) is 2.36. The molecule has 1 aromatic carbocycles. The fourth-order valence-electron chi connectivity index (χ4n) is 2.44. The minimum absolute atomic E-state index is 0.333. The zero-order valence-corrected chi connectivity index (χ0v) is 10.1. The van der Waals surface area contributed by atoms with Crippen LogP contribution in [0.3, 0.4) is 0 Å². The van der Waals surface area contributed by atoms with E-state index in [1.807, 2.05) is 18.2 Å². The number of rotatable bonds is 4. The molecule has 1 aromatic rings. The van der Waals surface area contributed by atoms with Crippen molar-refractivity contribution in [3.63, 3.8) is 0 Å². The van der Waals surface area contributed by atoms with Gasteiger partial charge in [0.15, 0.2) is 0 Å². The molecule has 0 bridgehead atoms. The molecule has 2 fully saturated rings. The lowest BCUT2D eigenvalue weighted by atomic mass is 9.84. The van der Waals surface area contributed by atoms with Crippen LogP contribution in [0.1, 0.15) is 37.7 Å². The predicted molar refractivity (Wildman–Crippen MR) is 67.4 cm³/mol. The van der Waals surface area contributed by atoms with Gasteiger partial charge in [-0.3, -0.25) is 4.79 Å². The van der Waals surface area contributed by atoms with E-state index in [-0.39, 0.29) is 0 Å². The van der Waals surface area contributed by atoms with E-state index in [1.165, 1.54) is 24.8 Å². The molecule has 3 rings (SSSR count). The van der Waals surface area contributed by atoms with E-state index in [1.54, 1.807) is 0 Å². The number of hydrogen-bond donors (Lipinski definition) is 0. The van der Waals surface area contributed by atoms with E-state index in [4.69, 9.17) is 0 Å². The van der Waals surface area contributed by atoms with Crippen LogP contribution in [0.25, 0.3) is 0 Å². The van der Waals surface area contributed by atoms with Crippen LogP contribution in [-0.4, -0.2) is 16.8 Å². The second-order valence-electron chi connectivity index (χ2n) is 5.31. The van der Waals surface area contributed by atoms with Gasteiger partial charge in [-0.25, -0.2) is 0 Å². The second-order valence-corrected chi connectivity index (χ2v) is 5.31. The highest BCUT2D eigenvalue weighted by Crippen LogP contribution is 2.34. The molecule has 0 spiro atoms. The zero-order chi connectivity index (χ0) is 11.7. The average molecular weight is 229 g/mol. The van der Waals surface area contributed by atoms with Gasteiger partial charge in [0, 0.05) is 18.5 Å². The van der Waals surface area contributed by atoms with Crippen molar-refractivity contribution in [1.29, 1.82) is 0 Å². The molecule has 17 heavy (non-hydrogen) atoms. The van der Waals surface area contributed by atoms with Gasteiger partial charge in [0.05, 0.1) is 0 Å². The maximum atomic E-state index is 12.3. The van der Waals surface area contributed by atoms with Crippen molar-refractivity contribution in [2.75, 3.05) is 0 Å². The molecule has 2 aliphatic rings. The van der Waals surface area contributed by atoms with Crippen molar-refractivity contribution < 1.29 is 4.79 Å². The summed E-state index contributed by atoms with van der Waals surface area (Å²) in [6.07, 6.45) is 5.85. The Morgan fingerprint density at radius 2 is 1.82 bits per heavy atom. The van der Waals surface area contributed by atoms with Crippen LogP contribution in [0, 0.1) is 5.92 Å². The van der Waals surface area contributed by atoms with E-state index >= 15 is 0 Å². The van der Waals surface area contributed by atoms with Gasteiger partial charge in [-0.1, -0.05) is 36.8 Å². The monoisotopic (exact) mass is 229 g/mol. The Balaban J connectivity index is 1.69. The van der Waals surface area contributed by atoms with Crippen LogP contribution in [0.2, 0.25) is 0 Å². The van der Waals surface area contributed by atoms with Crippen LogP contribution < -0.4 is 0 Å². The molecule has 90 valence electrons. The van der Waals surface area contributed by atoms with Gasteiger partial charge in [0.25, 0.3) is 0 Å². The van der Waals surface area contributed by atoms with Crippen LogP contribution in [-0.2, 0) is 11.3 Å². The molecule has 2 aliphatic carbocycles. The largest absolute Gasteiger partial charge is 0.335 e. The molecular weight excluding hydrogens is 210 g/mol. The molecule has 2 nitrogen and oxygen atoms in total. The third-order valence-corrected chi connectivity index (χ3v) is 3.92. The Hall–Kier alpha value is -1.31. The summed E-state index contributed by atoms with van der Waals surface area (Å²) < 4.78 is 0. The average Bonchev–Trinajstić information content (AvgIpc) is 3.08. The molecule has 0 atom stereocenters. The van der Waals surface area contributed by atoms with Crippen LogP contribution in [0.15, 0.2) is 30.3 Å². The summed E-state index contributed by atoms with van der Waals surface area (Å²) in [4.78, 5) is 14.5. The van der Waals surface area contributed by atoms with Gasteiger partial charge in [-0.05, 0) is 31.2 Å². The first-order valence-electron chi connectivity index (χ1n) is 6.69. The molecule has 0 aliphatic heterocycles. The SMILES string of the molecule is O=C(C1CCC1)N(Cc1ccccc1)C1CC1. The number of benzene rings is 1. The second kappa shape index (κ2) is 4.52. The van der Waals surface area contributed by atoms with E-state index in [2.05, 4.69) is 17.0 Å². The van der Waals surface area contributed by atoms with Gasteiger partial charge in [-0.15, -0.1) is 0 Å². The molecule has 0 radical (unpaired) electrons. The van der Waals surface area contributed by atoms with Gasteiger partial charge in [0.2, 0.25) is 5.91 Å². The number of nitrogens with zero attached hydrogens (tertiary/aromatic N) is 1. The highest BCUT2D eigenvalue weighted by molar-refractivity contribution is 5.80. The summed E-state index contributed by atoms with van der Waals surface area (Å²) in [5, 5.41) is 0. The van der Waals surface area contributed by atoms with Gasteiger partial charge < -0.3 is 4.90 Å². The lowest BCUT2D eigenvalue weighted by molar-refractivity contribution is -0.139. The molecule has 2 saturated carbocycles. The zero-order valence-electron chi connectivity index (χ0n) is 10.1. The van der Waals surface area contributed by atoms with Gasteiger partial charge in [-0.2, -0.15) is 0 Å². The maximum absolute atomic E-state index is 12.3. The molecule has 2 heteroatoms. The van der Waals surface area contributed by atoms with Gasteiger partial charge >= 0.3 is 0 Å². The summed E-state index contributed by atoms with van der Waals surface area (Å²) in [6.45, 7) is 0.806. The molecular formula is C15H19NO. The highest BCUT2D eigenvalue weighted by Gasteiger charge is 2.37. The summed E-state index contributed by atoms with van der Waals surface area (Å²) in [5.74, 6) is 0.738. The first kappa shape index (κ1) is 10.8. The molecule has 1 amide bonds. The summed E-state index contributed by atoms with van der Waals surface area (Å²) in [7, 11) is 0. The molecule has 0 N–H and O–H groups in total. The van der Waals surface area contributed by atoms with E-state index < -0.39 is 0 Å². The summed E-state index contributed by atoms with van der Waals surface area (Å²) >= 11 is 0. The lowest BCUT2D eigenvalue weighted by Gasteiger charge is -2.32. The Morgan fingerprint density at radius 1 is 1.12 bits per heavy atom. The number of amides is 1. The molecule has 0 aromatic heterocycles. The number of carbonyl (C=O) groups excluding carboxylic acids is 1. The van der Waals surface area contributed by atoms with Crippen LogP contribution in [0.5, 0.6) is 0 Å². The van der Waals surface area contributed by atoms with Crippen LogP contribution in [0.4, 0.5) is 0 Å². The minimum atomic E-state index is 0.333. The fraction of sp³-hybridized carbons (Fsp3) is 0.533. The Kier molecular flexibility index (Phi) is 2.87. The quantitative estimate of drug-likeness (QED) is 0.777. The minimum Gasteiger partial charge on any atom is -0.335 e. The fourth-order valence-corrected chi connectivity index (χ4v) is 2.44. The third-order valence-electron chi connectivity index (χ3n) is 3.92. The van der Waals surface area contributed by atoms with Crippen molar-refractivity contribution in [3.05, 3.63) is 35.9 Å². The van der Waals surface area contributed by atoms with E-state index in [0.29, 0.717) is 17.9 Å². The van der Waals surface area contributed by atoms with Crippen molar-refractivity contribution in [1.82, 2.24) is 4.90 Å². The van der Waals surface area contributed by atoms with Crippen molar-refractivity contribution in [3.8, 4) is 0 Å². The standard InChI is InChI=1S/C15H19NO/c17-15(13-7-4-8-13)16(14-9-10-14)11-12-5-2-1-3-6-12/h1-3,5-6,13-14H,4,7-11H2. The molecule has 0 unspecified atom stereocenters. The Labute approximate surface area is 103 Å². The Morgan fingerprint density at radius 3 is 2.35 bits per heavy atom. The van der Waals surface area contributed by atoms with E-state index in [0.717, 1.165) is 19.4 Å². The van der Waals surface area contributed by atoms with Crippen molar-refractivity contribution >= 4 is 5.91 Å². The lowest BCUT2D eigenvalue weighted by Crippen LogP contribution is -2.39. The first-order chi connectivity index (χ1) is 8.34. The first-order valence-corrected chi connectivity index (χ1v) is 6.69. The smallest absolute Gasteiger partial charge is 0.226 e. The molecule has 0 saturated heterocycles. The summed E-state index contributed by atoms with van der Waals surface area (Å²) in [6, 6.07) is 10.9. The molecule has 0 heterocycles. The maximum Gasteiger partial charge on any atom is 0.226 e. The van der Waals surface area contributed by atoms with Crippen molar-refractivity contribution in [2.24, 2.45) is 5.92 Å². The number of carbonyl (C=O) groups is 1. The van der Waals surface area contributed by atoms with Crippen molar-refractivity contribution in [2.45, 2.75) is 44.7 Å². The normalized spacial score (nSPS) is 19.8. The van der Waals surface area contributed by atoms with E-state index in [9.17, 15) is 4.79 Å². The number of hydrogen-bond acceptors (Lipinski definition) is 1. The van der Waals surface area contributed by atoms with Crippen LogP contribution >= 0.6 is 0 Å². The topological polar surface area (TPSA) is 20.3 Å².